The fourth-order valence-corrected chi connectivity index (χ4v) is 8.28. The van der Waals surface area contributed by atoms with Crippen molar-refractivity contribution < 1.29 is 17.4 Å². The fraction of sp³-hybridized carbons (Fsp3) is 1.00. The van der Waals surface area contributed by atoms with Crippen molar-refractivity contribution in [2.75, 3.05) is 0 Å². The molecule has 6 aliphatic carbocycles. The van der Waals surface area contributed by atoms with Gasteiger partial charge >= 0.3 is 17.4 Å². The molecule has 0 saturated heterocycles. The van der Waals surface area contributed by atoms with Gasteiger partial charge in [-0.15, -0.1) is 36.3 Å². The maximum atomic E-state index is 5.00. The van der Waals surface area contributed by atoms with E-state index in [0.717, 1.165) is 36.3 Å². The molecule has 231 valence electrons. The smallest absolute Gasteiger partial charge is 0.657 e. The Hall–Kier alpha value is 0.412. The molecule has 6 rings (SSSR count). The molecule has 0 aromatic rings. The number of hydrogen-bond donors (Lipinski definition) is 0. The van der Waals surface area contributed by atoms with Crippen LogP contribution in [0.25, 0.3) is 16.0 Å². The van der Waals surface area contributed by atoms with E-state index in [-0.39, 0.29) is 17.4 Å². The van der Waals surface area contributed by atoms with Crippen LogP contribution in [0.2, 0.25) is 0 Å². The van der Waals surface area contributed by atoms with Crippen LogP contribution in [0.3, 0.4) is 0 Å². The van der Waals surface area contributed by atoms with Crippen molar-refractivity contribution in [3.63, 3.8) is 0 Å². The molecule has 0 heterocycles. The van der Waals surface area contributed by atoms with Gasteiger partial charge in [0.25, 0.3) is 0 Å². The summed E-state index contributed by atoms with van der Waals surface area (Å²) >= 11 is 0. The first kappa shape index (κ1) is 34.9. The molecular weight excluding hydrogens is 526 g/mol. The van der Waals surface area contributed by atoms with Crippen LogP contribution in [-0.4, -0.2) is 36.3 Å². The molecule has 4 heteroatoms. The molecule has 0 N–H and O–H groups in total. The summed E-state index contributed by atoms with van der Waals surface area (Å²) < 4.78 is 0. The van der Waals surface area contributed by atoms with Gasteiger partial charge in [0, 0.05) is 0 Å². The monoisotopic (exact) mass is 592 g/mol. The maximum Gasteiger partial charge on any atom is 3.00 e. The average molecular weight is 593 g/mol. The van der Waals surface area contributed by atoms with Crippen LogP contribution in [0.4, 0.5) is 0 Å². The van der Waals surface area contributed by atoms with Crippen molar-refractivity contribution in [1.82, 2.24) is 0 Å². The summed E-state index contributed by atoms with van der Waals surface area (Å²) in [5.74, 6) is 0. The zero-order chi connectivity index (χ0) is 26.8. The van der Waals surface area contributed by atoms with Gasteiger partial charge in [-0.25, -0.2) is 0 Å². The third-order valence-corrected chi connectivity index (χ3v) is 10.7. The standard InChI is InChI=1S/3C12H22N.Cr/c3*1-3-7-11(8-4-1)13-12-9-5-2-6-10-12;/h3*11-12H,1-10H2;/q3*-1;+3. The molecule has 0 aromatic carbocycles. The Morgan fingerprint density at radius 3 is 0.450 bits per heavy atom. The van der Waals surface area contributed by atoms with Gasteiger partial charge in [-0.2, -0.15) is 0 Å². The van der Waals surface area contributed by atoms with Crippen molar-refractivity contribution in [3.8, 4) is 0 Å². The van der Waals surface area contributed by atoms with Gasteiger partial charge in [-0.3, -0.25) is 0 Å². The fourth-order valence-electron chi connectivity index (χ4n) is 8.28. The zero-order valence-electron chi connectivity index (χ0n) is 26.4. The van der Waals surface area contributed by atoms with Crippen LogP contribution < -0.4 is 0 Å². The molecule has 1 radical (unpaired) electrons. The minimum atomic E-state index is 0. The van der Waals surface area contributed by atoms with Crippen LogP contribution >= 0.6 is 0 Å². The quantitative estimate of drug-likeness (QED) is 0.294. The molecule has 6 saturated carbocycles. The summed E-state index contributed by atoms with van der Waals surface area (Å²) in [5.41, 5.74) is 0. The van der Waals surface area contributed by atoms with Crippen molar-refractivity contribution in [2.45, 2.75) is 229 Å². The summed E-state index contributed by atoms with van der Waals surface area (Å²) in [5, 5.41) is 15.0. The molecule has 0 unspecified atom stereocenters. The van der Waals surface area contributed by atoms with Gasteiger partial charge in [-0.05, 0) is 0 Å². The predicted octanol–water partition coefficient (Wildman–Crippen LogP) is 12.1. The van der Waals surface area contributed by atoms with Crippen molar-refractivity contribution in [1.29, 1.82) is 0 Å². The minimum Gasteiger partial charge on any atom is -0.657 e. The van der Waals surface area contributed by atoms with Gasteiger partial charge < -0.3 is 16.0 Å². The van der Waals surface area contributed by atoms with E-state index in [1.807, 2.05) is 0 Å². The number of rotatable bonds is 6. The second-order valence-corrected chi connectivity index (χ2v) is 14.2. The summed E-state index contributed by atoms with van der Waals surface area (Å²) in [4.78, 5) is 0. The first-order valence-corrected chi connectivity index (χ1v) is 18.4. The molecule has 6 aliphatic rings. The van der Waals surface area contributed by atoms with Gasteiger partial charge in [0.05, 0.1) is 0 Å². The van der Waals surface area contributed by atoms with E-state index in [9.17, 15) is 0 Å². The third-order valence-electron chi connectivity index (χ3n) is 10.7. The largest absolute Gasteiger partial charge is 3.00 e. The Kier molecular flexibility index (Phi) is 19.2. The van der Waals surface area contributed by atoms with Crippen LogP contribution in [0.1, 0.15) is 193 Å². The topological polar surface area (TPSA) is 42.3 Å². The Bertz CT molecular complexity index is 436. The molecule has 0 aliphatic heterocycles. The van der Waals surface area contributed by atoms with Crippen LogP contribution in [-0.2, 0) is 17.4 Å². The summed E-state index contributed by atoms with van der Waals surface area (Å²) in [6, 6.07) is 4.48. The molecular formula is C36H66CrN3. The first-order valence-electron chi connectivity index (χ1n) is 18.4. The SMILES string of the molecule is C1CCC([N-]C2CCCCC2)CC1.C1CCC([N-]C2CCCCC2)CC1.C1CCC([N-]C2CCCCC2)CC1.[Cr+3]. The summed E-state index contributed by atoms with van der Waals surface area (Å²) in [6.07, 6.45) is 42.5. The van der Waals surface area contributed by atoms with Crippen molar-refractivity contribution in [3.05, 3.63) is 16.0 Å². The molecule has 0 spiro atoms. The Morgan fingerprint density at radius 2 is 0.325 bits per heavy atom. The predicted molar refractivity (Wildman–Crippen MR) is 171 cm³/mol. The van der Waals surface area contributed by atoms with Gasteiger partial charge in [0.1, 0.15) is 0 Å². The molecule has 3 nitrogen and oxygen atoms in total. The van der Waals surface area contributed by atoms with E-state index < -0.39 is 0 Å². The van der Waals surface area contributed by atoms with E-state index in [1.165, 1.54) is 193 Å². The average Bonchev–Trinajstić information content (AvgIpc) is 3.01. The molecule has 0 amide bonds. The molecule has 6 fully saturated rings. The zero-order valence-corrected chi connectivity index (χ0v) is 27.7. The number of hydrogen-bond acceptors (Lipinski definition) is 0. The summed E-state index contributed by atoms with van der Waals surface area (Å²) in [7, 11) is 0. The normalized spacial score (nSPS) is 27.0. The van der Waals surface area contributed by atoms with Gasteiger partial charge in [-0.1, -0.05) is 193 Å². The van der Waals surface area contributed by atoms with E-state index in [2.05, 4.69) is 0 Å². The molecule has 0 atom stereocenters. The van der Waals surface area contributed by atoms with Crippen LogP contribution in [0.15, 0.2) is 0 Å². The Morgan fingerprint density at radius 1 is 0.200 bits per heavy atom. The number of nitrogens with zero attached hydrogens (tertiary/aromatic N) is 3. The maximum absolute atomic E-state index is 5.00. The van der Waals surface area contributed by atoms with Crippen LogP contribution in [0, 0.1) is 0 Å². The minimum absolute atomic E-state index is 0. The second kappa shape index (κ2) is 22.0. The first-order chi connectivity index (χ1) is 19.3. The van der Waals surface area contributed by atoms with Crippen LogP contribution in [0.5, 0.6) is 0 Å². The molecule has 40 heavy (non-hydrogen) atoms. The molecule has 0 aromatic heterocycles. The van der Waals surface area contributed by atoms with E-state index in [1.54, 1.807) is 0 Å². The van der Waals surface area contributed by atoms with E-state index >= 15 is 0 Å². The van der Waals surface area contributed by atoms with E-state index in [0.29, 0.717) is 0 Å². The van der Waals surface area contributed by atoms with Gasteiger partial charge in [0.2, 0.25) is 0 Å². The Labute approximate surface area is 261 Å². The van der Waals surface area contributed by atoms with E-state index in [4.69, 9.17) is 16.0 Å². The van der Waals surface area contributed by atoms with Gasteiger partial charge in [0.15, 0.2) is 0 Å². The Balaban J connectivity index is 0.000000163. The van der Waals surface area contributed by atoms with Crippen molar-refractivity contribution in [2.24, 2.45) is 0 Å². The van der Waals surface area contributed by atoms with Crippen molar-refractivity contribution >= 4 is 0 Å². The molecule has 0 bridgehead atoms. The second-order valence-electron chi connectivity index (χ2n) is 14.2. The summed E-state index contributed by atoms with van der Waals surface area (Å²) in [6.45, 7) is 0. The third kappa shape index (κ3) is 14.7.